The van der Waals surface area contributed by atoms with Crippen LogP contribution >= 0.6 is 15.9 Å². The fourth-order valence-corrected chi connectivity index (χ4v) is 2.62. The van der Waals surface area contributed by atoms with E-state index in [1.54, 1.807) is 6.07 Å². The lowest BCUT2D eigenvalue weighted by Gasteiger charge is -2.36. The molecule has 0 N–H and O–H groups in total. The molecular weight excluding hydrogens is 308 g/mol. The molecule has 0 unspecified atom stereocenters. The quantitative estimate of drug-likeness (QED) is 0.616. The van der Waals surface area contributed by atoms with Crippen molar-refractivity contribution in [1.82, 2.24) is 4.98 Å². The summed E-state index contributed by atoms with van der Waals surface area (Å²) in [6.45, 7) is 11.6. The molecular formula is C13H19BrN2OSi. The molecule has 0 spiro atoms. The van der Waals surface area contributed by atoms with Gasteiger partial charge in [0, 0.05) is 0 Å². The summed E-state index contributed by atoms with van der Waals surface area (Å²) < 4.78 is 6.79. The average molecular weight is 327 g/mol. The third-order valence-electron chi connectivity index (χ3n) is 3.37. The van der Waals surface area contributed by atoms with Gasteiger partial charge in [0.15, 0.2) is 8.32 Å². The standard InChI is InChI=1S/C13H19BrN2OSi/c1-13(2,3)18(4,5)17-9-10-6-11(8-15)16-12(14)7-10/h6-7H,9H2,1-5H3. The van der Waals surface area contributed by atoms with Crippen molar-refractivity contribution in [3.8, 4) is 6.07 Å². The van der Waals surface area contributed by atoms with Crippen LogP contribution in [0.2, 0.25) is 18.1 Å². The largest absolute Gasteiger partial charge is 0.413 e. The molecule has 98 valence electrons. The van der Waals surface area contributed by atoms with Gasteiger partial charge in [0.2, 0.25) is 0 Å². The molecule has 0 aromatic carbocycles. The molecule has 0 fully saturated rings. The highest BCUT2D eigenvalue weighted by molar-refractivity contribution is 9.10. The molecule has 1 heterocycles. The molecule has 18 heavy (non-hydrogen) atoms. The van der Waals surface area contributed by atoms with E-state index in [-0.39, 0.29) is 5.04 Å². The summed E-state index contributed by atoms with van der Waals surface area (Å²) in [7, 11) is -1.75. The van der Waals surface area contributed by atoms with Gasteiger partial charge in [0.25, 0.3) is 0 Å². The maximum absolute atomic E-state index is 8.88. The highest BCUT2D eigenvalue weighted by Gasteiger charge is 2.37. The number of nitriles is 1. The zero-order chi connectivity index (χ0) is 14.0. The van der Waals surface area contributed by atoms with Crippen molar-refractivity contribution in [3.63, 3.8) is 0 Å². The van der Waals surface area contributed by atoms with Crippen LogP contribution in [0.3, 0.4) is 0 Å². The Kier molecular flexibility index (Phi) is 4.70. The first kappa shape index (κ1) is 15.4. The Balaban J connectivity index is 2.82. The van der Waals surface area contributed by atoms with Crippen molar-refractivity contribution in [2.24, 2.45) is 0 Å². The number of hydrogen-bond acceptors (Lipinski definition) is 3. The van der Waals surface area contributed by atoms with Gasteiger partial charge in [0.05, 0.1) is 6.61 Å². The molecule has 0 saturated carbocycles. The maximum Gasteiger partial charge on any atom is 0.192 e. The first-order chi connectivity index (χ1) is 8.15. The van der Waals surface area contributed by atoms with Crippen LogP contribution in [0.4, 0.5) is 0 Å². The molecule has 0 aliphatic rings. The molecule has 1 aromatic rings. The molecule has 0 radical (unpaired) electrons. The monoisotopic (exact) mass is 326 g/mol. The summed E-state index contributed by atoms with van der Waals surface area (Å²) >= 11 is 3.31. The van der Waals surface area contributed by atoms with Gasteiger partial charge in [-0.2, -0.15) is 5.26 Å². The molecule has 1 aromatic heterocycles. The second kappa shape index (κ2) is 5.51. The molecule has 5 heteroatoms. The number of pyridine rings is 1. The van der Waals surface area contributed by atoms with Gasteiger partial charge in [-0.05, 0) is 51.8 Å². The van der Waals surface area contributed by atoms with Crippen LogP contribution in [0.25, 0.3) is 0 Å². The highest BCUT2D eigenvalue weighted by Crippen LogP contribution is 2.37. The molecule has 0 bridgehead atoms. The van der Waals surface area contributed by atoms with Gasteiger partial charge in [0.1, 0.15) is 16.4 Å². The van der Waals surface area contributed by atoms with E-state index in [4.69, 9.17) is 9.69 Å². The van der Waals surface area contributed by atoms with Gasteiger partial charge in [-0.15, -0.1) is 0 Å². The Hall–Kier alpha value is -0.703. The van der Waals surface area contributed by atoms with Crippen LogP contribution in [0.5, 0.6) is 0 Å². The Bertz CT molecular complexity index is 475. The number of halogens is 1. The predicted octanol–water partition coefficient (Wildman–Crippen LogP) is 4.24. The average Bonchev–Trinajstić information content (AvgIpc) is 2.24. The Labute approximate surface area is 118 Å². The topological polar surface area (TPSA) is 45.9 Å². The number of nitrogens with zero attached hydrogens (tertiary/aromatic N) is 2. The van der Waals surface area contributed by atoms with E-state index in [2.05, 4.69) is 60.8 Å². The van der Waals surface area contributed by atoms with Crippen LogP contribution in [0.1, 0.15) is 32.0 Å². The molecule has 3 nitrogen and oxygen atoms in total. The Morgan fingerprint density at radius 1 is 1.39 bits per heavy atom. The Morgan fingerprint density at radius 2 is 2.00 bits per heavy atom. The minimum atomic E-state index is -1.75. The van der Waals surface area contributed by atoms with Gasteiger partial charge < -0.3 is 4.43 Å². The van der Waals surface area contributed by atoms with E-state index in [1.807, 2.05) is 6.07 Å². The van der Waals surface area contributed by atoms with Crippen LogP contribution in [0.15, 0.2) is 16.7 Å². The molecule has 0 aliphatic heterocycles. The lowest BCUT2D eigenvalue weighted by Crippen LogP contribution is -2.40. The second-order valence-electron chi connectivity index (χ2n) is 5.84. The van der Waals surface area contributed by atoms with Crippen molar-refractivity contribution >= 4 is 24.2 Å². The fourth-order valence-electron chi connectivity index (χ4n) is 1.17. The van der Waals surface area contributed by atoms with Crippen molar-refractivity contribution in [1.29, 1.82) is 5.26 Å². The summed E-state index contributed by atoms with van der Waals surface area (Å²) in [4.78, 5) is 4.06. The maximum atomic E-state index is 8.88. The first-order valence-corrected chi connectivity index (χ1v) is 9.56. The zero-order valence-corrected chi connectivity index (χ0v) is 14.1. The molecule has 0 saturated heterocycles. The van der Waals surface area contributed by atoms with E-state index >= 15 is 0 Å². The number of aromatic nitrogens is 1. The molecule has 1 rings (SSSR count). The molecule has 0 aliphatic carbocycles. The lowest BCUT2D eigenvalue weighted by atomic mass is 10.2. The van der Waals surface area contributed by atoms with Gasteiger partial charge in [-0.1, -0.05) is 20.8 Å². The van der Waals surface area contributed by atoms with Crippen LogP contribution in [0, 0.1) is 11.3 Å². The zero-order valence-electron chi connectivity index (χ0n) is 11.5. The van der Waals surface area contributed by atoms with Gasteiger partial charge >= 0.3 is 0 Å². The van der Waals surface area contributed by atoms with Crippen LogP contribution in [-0.2, 0) is 11.0 Å². The third kappa shape index (κ3) is 3.90. The first-order valence-electron chi connectivity index (χ1n) is 5.86. The summed E-state index contributed by atoms with van der Waals surface area (Å²) in [6, 6.07) is 5.72. The van der Waals surface area contributed by atoms with Crippen LogP contribution < -0.4 is 0 Å². The van der Waals surface area contributed by atoms with E-state index in [1.165, 1.54) is 0 Å². The summed E-state index contributed by atoms with van der Waals surface area (Å²) in [5.41, 5.74) is 1.40. The van der Waals surface area contributed by atoms with Crippen molar-refractivity contribution in [2.75, 3.05) is 0 Å². The van der Waals surface area contributed by atoms with E-state index in [0.29, 0.717) is 16.9 Å². The van der Waals surface area contributed by atoms with E-state index in [0.717, 1.165) is 5.56 Å². The number of hydrogen-bond donors (Lipinski definition) is 0. The molecule has 0 atom stereocenters. The predicted molar refractivity (Wildman–Crippen MR) is 78.6 cm³/mol. The summed E-state index contributed by atoms with van der Waals surface area (Å²) in [5, 5.41) is 9.07. The lowest BCUT2D eigenvalue weighted by molar-refractivity contribution is 0.276. The SMILES string of the molecule is CC(C)(C)[Si](C)(C)OCc1cc(Br)nc(C#N)c1. The summed E-state index contributed by atoms with van der Waals surface area (Å²) in [6.07, 6.45) is 0. The second-order valence-corrected chi connectivity index (χ2v) is 11.5. The fraction of sp³-hybridized carbons (Fsp3) is 0.538. The van der Waals surface area contributed by atoms with Crippen molar-refractivity contribution < 1.29 is 4.43 Å². The van der Waals surface area contributed by atoms with E-state index in [9.17, 15) is 0 Å². The van der Waals surface area contributed by atoms with Crippen LogP contribution in [-0.4, -0.2) is 13.3 Å². The minimum Gasteiger partial charge on any atom is -0.413 e. The number of rotatable bonds is 3. The minimum absolute atomic E-state index is 0.190. The van der Waals surface area contributed by atoms with Gasteiger partial charge in [-0.25, -0.2) is 4.98 Å². The smallest absolute Gasteiger partial charge is 0.192 e. The van der Waals surface area contributed by atoms with Crippen molar-refractivity contribution in [3.05, 3.63) is 28.0 Å². The van der Waals surface area contributed by atoms with Crippen molar-refractivity contribution in [2.45, 2.75) is 45.5 Å². The third-order valence-corrected chi connectivity index (χ3v) is 8.26. The normalized spacial score (nSPS) is 12.3. The highest BCUT2D eigenvalue weighted by atomic mass is 79.9. The Morgan fingerprint density at radius 3 is 2.50 bits per heavy atom. The molecule has 0 amide bonds. The van der Waals surface area contributed by atoms with E-state index < -0.39 is 8.32 Å². The summed E-state index contributed by atoms with van der Waals surface area (Å²) in [5.74, 6) is 0. The van der Waals surface area contributed by atoms with Gasteiger partial charge in [-0.3, -0.25) is 0 Å².